The molecule has 0 spiro atoms. The van der Waals surface area contributed by atoms with Crippen LogP contribution in [0.3, 0.4) is 0 Å². The second-order valence-corrected chi connectivity index (χ2v) is 6.42. The monoisotopic (exact) mass is 372 g/mol. The maximum Gasteiger partial charge on any atom is 0.216 e. The summed E-state index contributed by atoms with van der Waals surface area (Å²) in [4.78, 5) is 0. The van der Waals surface area contributed by atoms with Crippen LogP contribution in [0.15, 0.2) is 53.6 Å². The molecule has 0 saturated carbocycles. The highest BCUT2D eigenvalue weighted by Gasteiger charge is 2.10. The second kappa shape index (κ2) is 7.63. The fourth-order valence-corrected chi connectivity index (χ4v) is 2.63. The number of aromatic amines is 1. The summed E-state index contributed by atoms with van der Waals surface area (Å²) in [6, 6.07) is 15.1. The number of rotatable bonds is 5. The molecule has 128 valence electrons. The lowest BCUT2D eigenvalue weighted by Crippen LogP contribution is -2.05. The summed E-state index contributed by atoms with van der Waals surface area (Å²) in [6.45, 7) is 3.97. The van der Waals surface area contributed by atoms with Gasteiger partial charge in [0, 0.05) is 16.1 Å². The fraction of sp³-hybridized carbons (Fsp3) is 0.167. The average molecular weight is 373 g/mol. The van der Waals surface area contributed by atoms with Crippen molar-refractivity contribution in [1.29, 1.82) is 0 Å². The van der Waals surface area contributed by atoms with Crippen molar-refractivity contribution < 1.29 is 4.74 Å². The van der Waals surface area contributed by atoms with E-state index in [1.54, 1.807) is 10.9 Å². The molecular weight excluding hydrogens is 356 g/mol. The van der Waals surface area contributed by atoms with E-state index < -0.39 is 0 Å². The Labute approximate surface area is 155 Å². The minimum atomic E-state index is 0.0920. The van der Waals surface area contributed by atoms with Crippen molar-refractivity contribution in [2.75, 3.05) is 0 Å². The van der Waals surface area contributed by atoms with Gasteiger partial charge in [0.05, 0.1) is 12.3 Å². The highest BCUT2D eigenvalue weighted by atomic mass is 35.5. The maximum absolute atomic E-state index is 6.16. The highest BCUT2D eigenvalue weighted by Crippen LogP contribution is 2.23. The largest absolute Gasteiger partial charge is 0.491 e. The maximum atomic E-state index is 6.16. The molecule has 0 amide bonds. The first-order chi connectivity index (χ1) is 12.0. The average Bonchev–Trinajstić information content (AvgIpc) is 2.95. The Morgan fingerprint density at radius 1 is 1.24 bits per heavy atom. The Hall–Kier alpha value is -2.44. The minimum Gasteiger partial charge on any atom is -0.491 e. The Bertz CT molecular complexity index is 961. The van der Waals surface area contributed by atoms with Crippen molar-refractivity contribution in [1.82, 2.24) is 14.9 Å². The van der Waals surface area contributed by atoms with Gasteiger partial charge in [-0.2, -0.15) is 14.9 Å². The predicted molar refractivity (Wildman–Crippen MR) is 103 cm³/mol. The van der Waals surface area contributed by atoms with Crippen molar-refractivity contribution in [2.24, 2.45) is 5.10 Å². The van der Waals surface area contributed by atoms with Gasteiger partial charge in [0.15, 0.2) is 5.82 Å². The Morgan fingerprint density at radius 2 is 2.04 bits per heavy atom. The second-order valence-electron chi connectivity index (χ2n) is 5.62. The van der Waals surface area contributed by atoms with Gasteiger partial charge in [0.1, 0.15) is 5.75 Å². The van der Waals surface area contributed by atoms with E-state index in [9.17, 15) is 0 Å². The molecule has 5 nitrogen and oxygen atoms in total. The molecule has 1 N–H and O–H groups in total. The van der Waals surface area contributed by atoms with Crippen LogP contribution in [0.4, 0.5) is 0 Å². The van der Waals surface area contributed by atoms with E-state index >= 15 is 0 Å². The van der Waals surface area contributed by atoms with Gasteiger partial charge in [-0.15, -0.1) is 0 Å². The SMILES string of the molecule is CC(C)Oc1cccc(-c2n[nH]c(=S)n2/N=C/c2ccccc2Cl)c1. The van der Waals surface area contributed by atoms with E-state index in [1.807, 2.05) is 62.4 Å². The normalized spacial score (nSPS) is 11.4. The highest BCUT2D eigenvalue weighted by molar-refractivity contribution is 7.71. The number of nitrogens with one attached hydrogen (secondary N) is 1. The van der Waals surface area contributed by atoms with Crippen molar-refractivity contribution in [3.63, 3.8) is 0 Å². The summed E-state index contributed by atoms with van der Waals surface area (Å²) in [7, 11) is 0. The molecule has 3 aromatic rings. The third kappa shape index (κ3) is 4.15. The van der Waals surface area contributed by atoms with Crippen molar-refractivity contribution in [3.05, 3.63) is 63.9 Å². The van der Waals surface area contributed by atoms with Crippen molar-refractivity contribution >= 4 is 30.0 Å². The molecule has 1 heterocycles. The van der Waals surface area contributed by atoms with Crippen LogP contribution < -0.4 is 4.74 Å². The zero-order chi connectivity index (χ0) is 17.8. The van der Waals surface area contributed by atoms with E-state index in [4.69, 9.17) is 28.6 Å². The molecular formula is C18H17ClN4OS. The quantitative estimate of drug-likeness (QED) is 0.510. The standard InChI is InChI=1S/C18H17ClN4OS/c1-12(2)24-15-8-5-7-13(10-15)17-21-22-18(25)23(17)20-11-14-6-3-4-9-16(14)19/h3-12H,1-2H3,(H,22,25)/b20-11+. The van der Waals surface area contributed by atoms with Gasteiger partial charge in [-0.05, 0) is 44.3 Å². The molecule has 0 radical (unpaired) electrons. The molecule has 0 unspecified atom stereocenters. The fourth-order valence-electron chi connectivity index (χ4n) is 2.27. The first-order valence-electron chi connectivity index (χ1n) is 7.78. The topological polar surface area (TPSA) is 55.2 Å². The molecule has 0 aliphatic rings. The lowest BCUT2D eigenvalue weighted by atomic mass is 10.2. The Kier molecular flexibility index (Phi) is 5.31. The summed E-state index contributed by atoms with van der Waals surface area (Å²) in [5, 5.41) is 12.1. The molecule has 0 aliphatic heterocycles. The Balaban J connectivity index is 1.98. The number of hydrogen-bond acceptors (Lipinski definition) is 4. The molecule has 0 aliphatic carbocycles. The molecule has 0 saturated heterocycles. The van der Waals surface area contributed by atoms with Crippen LogP contribution in [-0.2, 0) is 0 Å². The van der Waals surface area contributed by atoms with E-state index in [0.717, 1.165) is 16.9 Å². The van der Waals surface area contributed by atoms with E-state index in [-0.39, 0.29) is 6.10 Å². The number of benzene rings is 2. The predicted octanol–water partition coefficient (Wildman–Crippen LogP) is 4.93. The summed E-state index contributed by atoms with van der Waals surface area (Å²) in [5.41, 5.74) is 1.65. The number of ether oxygens (including phenoxy) is 1. The van der Waals surface area contributed by atoms with Gasteiger partial charge in [0.2, 0.25) is 4.77 Å². The third-order valence-electron chi connectivity index (χ3n) is 3.33. The van der Waals surface area contributed by atoms with Gasteiger partial charge < -0.3 is 4.74 Å². The van der Waals surface area contributed by atoms with Gasteiger partial charge in [0.25, 0.3) is 0 Å². The number of nitrogens with zero attached hydrogens (tertiary/aromatic N) is 3. The zero-order valence-electron chi connectivity index (χ0n) is 13.8. The van der Waals surface area contributed by atoms with Crippen LogP contribution in [0, 0.1) is 4.77 Å². The van der Waals surface area contributed by atoms with E-state index in [1.165, 1.54) is 0 Å². The van der Waals surface area contributed by atoms with Crippen LogP contribution >= 0.6 is 23.8 Å². The number of halogens is 1. The molecule has 0 fully saturated rings. The van der Waals surface area contributed by atoms with E-state index in [0.29, 0.717) is 15.6 Å². The summed E-state index contributed by atoms with van der Waals surface area (Å²) < 4.78 is 7.70. The lowest BCUT2D eigenvalue weighted by Gasteiger charge is -2.10. The summed E-state index contributed by atoms with van der Waals surface area (Å²) in [5.74, 6) is 1.37. The van der Waals surface area contributed by atoms with Crippen LogP contribution in [0.5, 0.6) is 5.75 Å². The smallest absolute Gasteiger partial charge is 0.216 e. The first-order valence-corrected chi connectivity index (χ1v) is 8.56. The Morgan fingerprint density at radius 3 is 2.80 bits per heavy atom. The third-order valence-corrected chi connectivity index (χ3v) is 3.94. The number of hydrogen-bond donors (Lipinski definition) is 1. The molecule has 3 rings (SSSR count). The van der Waals surface area contributed by atoms with Gasteiger partial charge in [-0.3, -0.25) is 0 Å². The van der Waals surface area contributed by atoms with Gasteiger partial charge >= 0.3 is 0 Å². The number of H-pyrrole nitrogens is 1. The zero-order valence-corrected chi connectivity index (χ0v) is 15.4. The molecule has 7 heteroatoms. The molecule has 2 aromatic carbocycles. The molecule has 1 aromatic heterocycles. The van der Waals surface area contributed by atoms with Gasteiger partial charge in [-0.25, -0.2) is 5.10 Å². The van der Waals surface area contributed by atoms with E-state index in [2.05, 4.69) is 15.3 Å². The number of aromatic nitrogens is 3. The molecule has 25 heavy (non-hydrogen) atoms. The molecule has 0 bridgehead atoms. The molecule has 0 atom stereocenters. The summed E-state index contributed by atoms with van der Waals surface area (Å²) in [6.07, 6.45) is 1.75. The van der Waals surface area contributed by atoms with Crippen LogP contribution in [0.1, 0.15) is 19.4 Å². The lowest BCUT2D eigenvalue weighted by molar-refractivity contribution is 0.242. The first kappa shape index (κ1) is 17.4. The van der Waals surface area contributed by atoms with Crippen LogP contribution in [0.2, 0.25) is 5.02 Å². The van der Waals surface area contributed by atoms with Crippen LogP contribution in [0.25, 0.3) is 11.4 Å². The summed E-state index contributed by atoms with van der Waals surface area (Å²) >= 11 is 11.5. The van der Waals surface area contributed by atoms with Crippen molar-refractivity contribution in [3.8, 4) is 17.1 Å². The van der Waals surface area contributed by atoms with Gasteiger partial charge in [-0.1, -0.05) is 41.9 Å². The van der Waals surface area contributed by atoms with Crippen molar-refractivity contribution in [2.45, 2.75) is 20.0 Å². The minimum absolute atomic E-state index is 0.0920. The van der Waals surface area contributed by atoms with Crippen LogP contribution in [-0.4, -0.2) is 27.2 Å².